The molecule has 0 fully saturated rings. The van der Waals surface area contributed by atoms with Crippen molar-refractivity contribution in [2.24, 2.45) is 10.2 Å². The number of aromatic amines is 1. The molecule has 1 aromatic heterocycles. The SMILES string of the molecule is Cc1nc(=O)[nH]c(C)c1N=Nc1ccccc1. The van der Waals surface area contributed by atoms with Crippen molar-refractivity contribution in [3.63, 3.8) is 0 Å². The van der Waals surface area contributed by atoms with Gasteiger partial charge in [-0.2, -0.15) is 10.1 Å². The van der Waals surface area contributed by atoms with Crippen molar-refractivity contribution >= 4 is 11.4 Å². The number of nitrogens with one attached hydrogen (secondary N) is 1. The van der Waals surface area contributed by atoms with Gasteiger partial charge in [0.1, 0.15) is 5.69 Å². The first kappa shape index (κ1) is 11.2. The van der Waals surface area contributed by atoms with Crippen LogP contribution in [-0.2, 0) is 0 Å². The first-order valence-electron chi connectivity index (χ1n) is 5.21. The first-order valence-corrected chi connectivity index (χ1v) is 5.21. The van der Waals surface area contributed by atoms with Crippen LogP contribution in [0.1, 0.15) is 11.4 Å². The zero-order chi connectivity index (χ0) is 12.3. The summed E-state index contributed by atoms with van der Waals surface area (Å²) in [6, 6.07) is 9.40. The summed E-state index contributed by atoms with van der Waals surface area (Å²) in [5, 5.41) is 8.20. The highest BCUT2D eigenvalue weighted by Crippen LogP contribution is 2.21. The van der Waals surface area contributed by atoms with Gasteiger partial charge >= 0.3 is 5.69 Å². The minimum absolute atomic E-state index is 0.362. The van der Waals surface area contributed by atoms with Crippen molar-refractivity contribution in [1.29, 1.82) is 0 Å². The molecule has 0 bridgehead atoms. The van der Waals surface area contributed by atoms with Gasteiger partial charge in [-0.1, -0.05) is 18.2 Å². The van der Waals surface area contributed by atoms with Gasteiger partial charge in [0.25, 0.3) is 0 Å². The lowest BCUT2D eigenvalue weighted by Crippen LogP contribution is -2.12. The molecular weight excluding hydrogens is 216 g/mol. The van der Waals surface area contributed by atoms with E-state index < -0.39 is 0 Å². The highest BCUT2D eigenvalue weighted by molar-refractivity contribution is 5.45. The van der Waals surface area contributed by atoms with Crippen LogP contribution in [0.2, 0.25) is 0 Å². The largest absolute Gasteiger partial charge is 0.345 e. The second kappa shape index (κ2) is 4.69. The zero-order valence-electron chi connectivity index (χ0n) is 9.64. The maximum atomic E-state index is 11.1. The molecule has 2 aromatic rings. The number of aryl methyl sites for hydroxylation is 2. The van der Waals surface area contributed by atoms with Crippen LogP contribution in [0.15, 0.2) is 45.4 Å². The molecule has 0 aliphatic heterocycles. The van der Waals surface area contributed by atoms with Gasteiger partial charge in [0.05, 0.1) is 11.4 Å². The van der Waals surface area contributed by atoms with Gasteiger partial charge in [-0.15, -0.1) is 5.11 Å². The van der Waals surface area contributed by atoms with E-state index in [2.05, 4.69) is 20.2 Å². The molecule has 1 aromatic carbocycles. The highest BCUT2D eigenvalue weighted by atomic mass is 16.1. The maximum absolute atomic E-state index is 11.1. The van der Waals surface area contributed by atoms with Crippen LogP contribution in [0, 0.1) is 13.8 Å². The predicted molar refractivity (Wildman–Crippen MR) is 64.9 cm³/mol. The number of benzene rings is 1. The third-order valence-electron chi connectivity index (χ3n) is 2.28. The number of H-pyrrole nitrogens is 1. The van der Waals surface area contributed by atoms with Gasteiger partial charge in [0.2, 0.25) is 0 Å². The molecule has 17 heavy (non-hydrogen) atoms. The van der Waals surface area contributed by atoms with E-state index >= 15 is 0 Å². The molecule has 0 unspecified atom stereocenters. The zero-order valence-corrected chi connectivity index (χ0v) is 9.64. The summed E-state index contributed by atoms with van der Waals surface area (Å²) in [5.41, 5.74) is 2.25. The molecule has 0 spiro atoms. The maximum Gasteiger partial charge on any atom is 0.345 e. The average molecular weight is 228 g/mol. The lowest BCUT2D eigenvalue weighted by Gasteiger charge is -2.00. The fraction of sp³-hybridized carbons (Fsp3) is 0.167. The molecule has 0 atom stereocenters. The van der Waals surface area contributed by atoms with Gasteiger partial charge in [-0.25, -0.2) is 4.79 Å². The van der Waals surface area contributed by atoms with Crippen LogP contribution in [-0.4, -0.2) is 9.97 Å². The average Bonchev–Trinajstić information content (AvgIpc) is 2.29. The summed E-state index contributed by atoms with van der Waals surface area (Å²) in [6.07, 6.45) is 0. The second-order valence-corrected chi connectivity index (χ2v) is 3.64. The molecule has 86 valence electrons. The normalized spacial score (nSPS) is 10.9. The molecule has 0 saturated heterocycles. The smallest absolute Gasteiger partial charge is 0.308 e. The summed E-state index contributed by atoms with van der Waals surface area (Å²) in [4.78, 5) is 17.5. The van der Waals surface area contributed by atoms with Crippen molar-refractivity contribution < 1.29 is 0 Å². The van der Waals surface area contributed by atoms with Crippen molar-refractivity contribution in [3.8, 4) is 0 Å². The summed E-state index contributed by atoms with van der Waals surface area (Å²) in [5.74, 6) is 0. The van der Waals surface area contributed by atoms with E-state index in [4.69, 9.17) is 0 Å². The Kier molecular flexibility index (Phi) is 3.09. The summed E-state index contributed by atoms with van der Waals surface area (Å²) in [7, 11) is 0. The molecule has 5 heteroatoms. The lowest BCUT2D eigenvalue weighted by molar-refractivity contribution is 0.971. The van der Waals surface area contributed by atoms with Crippen LogP contribution >= 0.6 is 0 Å². The standard InChI is InChI=1S/C12H12N4O/c1-8-11(9(2)14-12(17)13-8)16-15-10-6-4-3-5-7-10/h3-7H,1-2H3,(H,13,14,17). The van der Waals surface area contributed by atoms with E-state index in [1.54, 1.807) is 13.8 Å². The van der Waals surface area contributed by atoms with E-state index in [-0.39, 0.29) is 5.69 Å². The molecule has 0 radical (unpaired) electrons. The molecule has 1 heterocycles. The van der Waals surface area contributed by atoms with Gasteiger partial charge in [0, 0.05) is 5.69 Å². The van der Waals surface area contributed by atoms with Crippen molar-refractivity contribution in [2.75, 3.05) is 0 Å². The summed E-state index contributed by atoms with van der Waals surface area (Å²) in [6.45, 7) is 3.51. The van der Waals surface area contributed by atoms with Crippen molar-refractivity contribution in [3.05, 3.63) is 52.2 Å². The highest BCUT2D eigenvalue weighted by Gasteiger charge is 2.04. The summed E-state index contributed by atoms with van der Waals surface area (Å²) < 4.78 is 0. The number of nitrogens with zero attached hydrogens (tertiary/aromatic N) is 3. The monoisotopic (exact) mass is 228 g/mol. The Morgan fingerprint density at radius 3 is 2.47 bits per heavy atom. The van der Waals surface area contributed by atoms with E-state index in [9.17, 15) is 4.79 Å². The van der Waals surface area contributed by atoms with Crippen LogP contribution < -0.4 is 5.69 Å². The van der Waals surface area contributed by atoms with Crippen LogP contribution in [0.5, 0.6) is 0 Å². The van der Waals surface area contributed by atoms with Crippen LogP contribution in [0.3, 0.4) is 0 Å². The van der Waals surface area contributed by atoms with Crippen LogP contribution in [0.25, 0.3) is 0 Å². The molecular formula is C12H12N4O. The van der Waals surface area contributed by atoms with E-state index in [1.165, 1.54) is 0 Å². The quantitative estimate of drug-likeness (QED) is 0.803. The third kappa shape index (κ3) is 2.63. The minimum atomic E-state index is -0.362. The molecule has 5 nitrogen and oxygen atoms in total. The van der Waals surface area contributed by atoms with Gasteiger partial charge < -0.3 is 4.98 Å². The number of hydrogen-bond donors (Lipinski definition) is 1. The Bertz CT molecular complexity index is 575. The van der Waals surface area contributed by atoms with Crippen LogP contribution in [0.4, 0.5) is 11.4 Å². The second-order valence-electron chi connectivity index (χ2n) is 3.64. The lowest BCUT2D eigenvalue weighted by atomic mass is 10.3. The van der Waals surface area contributed by atoms with E-state index in [1.807, 2.05) is 30.3 Å². The Morgan fingerprint density at radius 1 is 1.12 bits per heavy atom. The Labute approximate surface area is 98.3 Å². The fourth-order valence-corrected chi connectivity index (χ4v) is 1.47. The number of rotatable bonds is 2. The molecule has 2 rings (SSSR count). The Balaban J connectivity index is 2.37. The molecule has 0 saturated carbocycles. The van der Waals surface area contributed by atoms with Crippen molar-refractivity contribution in [1.82, 2.24) is 9.97 Å². The molecule has 0 aliphatic carbocycles. The fourth-order valence-electron chi connectivity index (χ4n) is 1.47. The molecule has 0 aliphatic rings. The van der Waals surface area contributed by atoms with E-state index in [0.717, 1.165) is 5.69 Å². The van der Waals surface area contributed by atoms with E-state index in [0.29, 0.717) is 17.1 Å². The third-order valence-corrected chi connectivity index (χ3v) is 2.28. The molecule has 0 amide bonds. The summed E-state index contributed by atoms with van der Waals surface area (Å²) >= 11 is 0. The number of hydrogen-bond acceptors (Lipinski definition) is 4. The number of aromatic nitrogens is 2. The van der Waals surface area contributed by atoms with Gasteiger partial charge in [-0.3, -0.25) is 0 Å². The predicted octanol–water partition coefficient (Wildman–Crippen LogP) is 2.80. The molecule has 1 N–H and O–H groups in total. The Hall–Kier alpha value is -2.30. The first-order chi connectivity index (χ1) is 8.16. The number of azo groups is 1. The van der Waals surface area contributed by atoms with Crippen molar-refractivity contribution in [2.45, 2.75) is 13.8 Å². The minimum Gasteiger partial charge on any atom is -0.308 e. The Morgan fingerprint density at radius 2 is 1.82 bits per heavy atom. The topological polar surface area (TPSA) is 70.5 Å². The van der Waals surface area contributed by atoms with Gasteiger partial charge in [0.15, 0.2) is 0 Å². The van der Waals surface area contributed by atoms with Gasteiger partial charge in [-0.05, 0) is 26.0 Å².